The number of aliphatic hydroxyl groups is 1. The molecule has 0 aliphatic carbocycles. The van der Waals surface area contributed by atoms with Gasteiger partial charge in [-0.1, -0.05) is 43.3 Å². The Kier molecular flexibility index (Phi) is 11.8. The van der Waals surface area contributed by atoms with E-state index < -0.39 is 37.5 Å². The molecule has 13 nitrogen and oxygen atoms in total. The van der Waals surface area contributed by atoms with Crippen molar-refractivity contribution in [2.45, 2.75) is 94.9 Å². The molecule has 59 heavy (non-hydrogen) atoms. The zero-order valence-corrected chi connectivity index (χ0v) is 35.3. The van der Waals surface area contributed by atoms with Gasteiger partial charge in [-0.15, -0.1) is 0 Å². The van der Waals surface area contributed by atoms with Crippen LogP contribution in [0.5, 0.6) is 0 Å². The number of anilines is 3. The van der Waals surface area contributed by atoms with Gasteiger partial charge in [-0.3, -0.25) is 19.2 Å². The monoisotopic (exact) mass is 822 g/mol. The minimum atomic E-state index is -3.12. The molecule has 4 amide bonds. The number of hydrogen-bond donors (Lipinski definition) is 6. The van der Waals surface area contributed by atoms with Gasteiger partial charge in [0.25, 0.3) is 5.91 Å². The van der Waals surface area contributed by atoms with Crippen molar-refractivity contribution in [1.29, 1.82) is 0 Å². The van der Waals surface area contributed by atoms with Crippen LogP contribution in [0.3, 0.4) is 0 Å². The quantitative estimate of drug-likeness (QED) is 0.164. The maximum atomic E-state index is 15.3. The standard InChI is InChI=1S/C45H58N6O7Si/c1-28-41(59(2,3)57)39(22-40(53)50-26-33-9-5-4-8-30(33)20-36(50)27-52)58-45(28)37-21-35(49-43(55)32-11-7-19-47-24-32)16-17-38(37)51(44(45)56)25-29-12-14-34(15-13-29)48-42(54)31-10-6-18-46-23-31/h4-5,8-9,12-17,21,28,31-32,36,39,41,46-47,52,57H,6-7,10-11,18-20,22-27H2,1-3H3,(H,48,54)(H,49,55)/t28-,31?,32?,36-,39+,41-,45+/m0/s1. The van der Waals surface area contributed by atoms with Crippen LogP contribution in [-0.4, -0.2) is 91.7 Å². The fourth-order valence-electron chi connectivity index (χ4n) is 10.4. The van der Waals surface area contributed by atoms with Gasteiger partial charge in [0.1, 0.15) is 0 Å². The minimum Gasteiger partial charge on any atom is -0.432 e. The summed E-state index contributed by atoms with van der Waals surface area (Å²) < 4.78 is 7.06. The van der Waals surface area contributed by atoms with Crippen molar-refractivity contribution < 1.29 is 33.8 Å². The molecular weight excluding hydrogens is 765 g/mol. The van der Waals surface area contributed by atoms with Gasteiger partial charge in [0.2, 0.25) is 17.7 Å². The van der Waals surface area contributed by atoms with E-state index in [9.17, 15) is 24.3 Å². The third-order valence-corrected chi connectivity index (χ3v) is 15.9. The molecular formula is C45H58N6O7Si. The average Bonchev–Trinajstić information content (AvgIpc) is 3.66. The Bertz CT molecular complexity index is 2060. The largest absolute Gasteiger partial charge is 0.432 e. The fraction of sp³-hybridized carbons (Fsp3) is 0.511. The number of piperidine rings is 2. The molecule has 5 heterocycles. The van der Waals surface area contributed by atoms with Gasteiger partial charge in [-0.05, 0) is 105 Å². The van der Waals surface area contributed by atoms with Crippen LogP contribution in [-0.2, 0) is 49.0 Å². The van der Waals surface area contributed by atoms with E-state index in [4.69, 9.17) is 4.74 Å². The number of carbonyl (C=O) groups is 4. The maximum absolute atomic E-state index is 15.3. The third-order valence-electron chi connectivity index (χ3n) is 13.4. The van der Waals surface area contributed by atoms with Gasteiger partial charge in [-0.25, -0.2) is 0 Å². The second-order valence-electron chi connectivity index (χ2n) is 17.8. The van der Waals surface area contributed by atoms with E-state index >= 15 is 4.79 Å². The summed E-state index contributed by atoms with van der Waals surface area (Å²) in [5.41, 5.74) is 3.39. The molecule has 2 unspecified atom stereocenters. The molecule has 0 saturated carbocycles. The summed E-state index contributed by atoms with van der Waals surface area (Å²) in [5.74, 6) is -1.38. The van der Waals surface area contributed by atoms with Gasteiger partial charge >= 0.3 is 0 Å². The molecule has 6 N–H and O–H groups in total. The first-order chi connectivity index (χ1) is 28.4. The highest BCUT2D eigenvalue weighted by molar-refractivity contribution is 6.71. The predicted octanol–water partition coefficient (Wildman–Crippen LogP) is 4.24. The first-order valence-corrected chi connectivity index (χ1v) is 24.4. The van der Waals surface area contributed by atoms with E-state index in [1.165, 1.54) is 0 Å². The van der Waals surface area contributed by atoms with E-state index in [0.29, 0.717) is 48.7 Å². The Hall–Kier alpha value is -4.44. The highest BCUT2D eigenvalue weighted by atomic mass is 28.4. The van der Waals surface area contributed by atoms with Gasteiger partial charge in [-0.2, -0.15) is 0 Å². The molecule has 314 valence electrons. The normalized spacial score (nSPS) is 28.0. The number of nitrogens with zero attached hydrogens (tertiary/aromatic N) is 2. The molecule has 14 heteroatoms. The van der Waals surface area contributed by atoms with Gasteiger partial charge in [0, 0.05) is 48.0 Å². The smallest absolute Gasteiger partial charge is 0.264 e. The number of benzene rings is 3. The fourth-order valence-corrected chi connectivity index (χ4v) is 12.9. The first kappa shape index (κ1) is 41.3. The predicted molar refractivity (Wildman–Crippen MR) is 228 cm³/mol. The summed E-state index contributed by atoms with van der Waals surface area (Å²) in [5, 5.41) is 23.1. The Morgan fingerprint density at radius 3 is 2.14 bits per heavy atom. The summed E-state index contributed by atoms with van der Waals surface area (Å²) in [7, 11) is -3.12. The van der Waals surface area contributed by atoms with Crippen LogP contribution in [0.1, 0.15) is 61.3 Å². The van der Waals surface area contributed by atoms with Crippen molar-refractivity contribution >= 4 is 49.0 Å². The third kappa shape index (κ3) is 8.10. The number of hydrogen-bond acceptors (Lipinski definition) is 9. The van der Waals surface area contributed by atoms with E-state index in [0.717, 1.165) is 55.5 Å². The van der Waals surface area contributed by atoms with E-state index in [1.54, 1.807) is 9.80 Å². The summed E-state index contributed by atoms with van der Waals surface area (Å²) in [4.78, 5) is 71.4. The van der Waals surface area contributed by atoms with E-state index in [2.05, 4.69) is 21.3 Å². The highest BCUT2D eigenvalue weighted by Crippen LogP contribution is 2.60. The average molecular weight is 823 g/mol. The van der Waals surface area contributed by atoms with Crippen LogP contribution in [0.4, 0.5) is 17.1 Å². The van der Waals surface area contributed by atoms with Crippen molar-refractivity contribution in [3.8, 4) is 0 Å². The summed E-state index contributed by atoms with van der Waals surface area (Å²) in [6.45, 7) is 9.05. The number of nitrogens with one attached hydrogen (secondary N) is 4. The lowest BCUT2D eigenvalue weighted by Gasteiger charge is -2.37. The lowest BCUT2D eigenvalue weighted by atomic mass is 9.82. The van der Waals surface area contributed by atoms with Crippen molar-refractivity contribution in [3.63, 3.8) is 0 Å². The van der Waals surface area contributed by atoms with Crippen LogP contribution in [0.15, 0.2) is 66.7 Å². The molecule has 3 fully saturated rings. The van der Waals surface area contributed by atoms with Crippen molar-refractivity contribution in [1.82, 2.24) is 15.5 Å². The van der Waals surface area contributed by atoms with E-state index in [1.807, 2.05) is 86.7 Å². The van der Waals surface area contributed by atoms with Crippen LogP contribution in [0.25, 0.3) is 0 Å². The molecule has 8 rings (SSSR count). The molecule has 3 aromatic rings. The molecule has 7 atom stereocenters. The summed E-state index contributed by atoms with van der Waals surface area (Å²) in [6, 6.07) is 20.6. The number of ether oxygens (including phenoxy) is 1. The zero-order chi connectivity index (χ0) is 41.5. The van der Waals surface area contributed by atoms with Crippen LogP contribution < -0.4 is 26.2 Å². The lowest BCUT2D eigenvalue weighted by molar-refractivity contribution is -0.151. The number of fused-ring (bicyclic) bond motifs is 3. The number of carbonyl (C=O) groups excluding carboxylic acids is 4. The number of rotatable bonds is 10. The summed E-state index contributed by atoms with van der Waals surface area (Å²) >= 11 is 0. The summed E-state index contributed by atoms with van der Waals surface area (Å²) in [6.07, 6.45) is 3.19. The SMILES string of the molecule is C[C@H]1[C@H]([Si](C)(C)O)[C@@H](CC(=O)N2Cc3ccccc3C[C@H]2CO)O[C@]12C(=O)N(Cc1ccc(NC(=O)C3CCCNC3)cc1)c1ccc(NC(=O)C3CCCNC3)cc12. The first-order valence-electron chi connectivity index (χ1n) is 21.3. The molecule has 0 radical (unpaired) electrons. The van der Waals surface area contributed by atoms with Crippen LogP contribution in [0.2, 0.25) is 18.6 Å². The van der Waals surface area contributed by atoms with Crippen LogP contribution in [0, 0.1) is 17.8 Å². The second kappa shape index (κ2) is 16.9. The number of aliphatic hydroxyl groups excluding tert-OH is 1. The van der Waals surface area contributed by atoms with Gasteiger partial charge in [0.05, 0.1) is 49.2 Å². The lowest BCUT2D eigenvalue weighted by Crippen LogP contribution is -2.48. The highest BCUT2D eigenvalue weighted by Gasteiger charge is 2.66. The Labute approximate surface area is 347 Å². The van der Waals surface area contributed by atoms with Crippen molar-refractivity contribution in [2.24, 2.45) is 17.8 Å². The molecule has 5 aliphatic heterocycles. The minimum absolute atomic E-state index is 0.0134. The zero-order valence-electron chi connectivity index (χ0n) is 34.3. The Balaban J connectivity index is 1.10. The molecule has 3 saturated heterocycles. The van der Waals surface area contributed by atoms with Crippen LogP contribution >= 0.6 is 0 Å². The number of amides is 4. The molecule has 5 aliphatic rings. The Morgan fingerprint density at radius 2 is 1.53 bits per heavy atom. The van der Waals surface area contributed by atoms with Gasteiger partial charge < -0.3 is 45.7 Å². The topological polar surface area (TPSA) is 173 Å². The van der Waals surface area contributed by atoms with Crippen molar-refractivity contribution in [3.05, 3.63) is 89.0 Å². The van der Waals surface area contributed by atoms with E-state index in [-0.39, 0.29) is 55.0 Å². The molecule has 1 spiro atoms. The van der Waals surface area contributed by atoms with Gasteiger partial charge in [0.15, 0.2) is 13.9 Å². The maximum Gasteiger partial charge on any atom is 0.264 e. The Morgan fingerprint density at radius 1 is 0.898 bits per heavy atom. The molecule has 3 aromatic carbocycles. The van der Waals surface area contributed by atoms with Crippen molar-refractivity contribution in [2.75, 3.05) is 48.3 Å². The molecule has 0 aromatic heterocycles. The molecule has 0 bridgehead atoms. The second-order valence-corrected chi connectivity index (χ2v) is 21.8.